The number of hydrogen-bond donors (Lipinski definition) is 0. The molecular weight excluding hydrogens is 430 g/mol. The van der Waals surface area contributed by atoms with E-state index in [2.05, 4.69) is 91.6 Å². The summed E-state index contributed by atoms with van der Waals surface area (Å²) in [5.74, 6) is 0.493. The largest absolute Gasteiger partial charge is 0.315 e. The van der Waals surface area contributed by atoms with Gasteiger partial charge in [0.1, 0.15) is 0 Å². The van der Waals surface area contributed by atoms with E-state index < -0.39 is 0 Å². The first kappa shape index (κ1) is 20.9. The molecule has 0 saturated carbocycles. The van der Waals surface area contributed by atoms with E-state index in [4.69, 9.17) is 0 Å². The minimum atomic E-state index is 0.493. The molecule has 160 valence electrons. The highest BCUT2D eigenvalue weighted by molar-refractivity contribution is 7.22. The molecule has 4 heteroatoms. The minimum Gasteiger partial charge on any atom is -0.315 e. The summed E-state index contributed by atoms with van der Waals surface area (Å²) in [5, 5.41) is 0. The minimum absolute atomic E-state index is 0.493. The lowest BCUT2D eigenvalue weighted by molar-refractivity contribution is 0.112. The van der Waals surface area contributed by atoms with Crippen molar-refractivity contribution in [3.8, 4) is 9.75 Å². The number of benzene rings is 2. The Morgan fingerprint density at radius 3 is 1.97 bits per heavy atom. The highest BCUT2D eigenvalue weighted by Gasteiger charge is 2.26. The number of thiophene rings is 2. The molecule has 0 saturated heterocycles. The molecule has 1 atom stereocenters. The van der Waals surface area contributed by atoms with Crippen LogP contribution in [0, 0.1) is 13.8 Å². The van der Waals surface area contributed by atoms with Gasteiger partial charge in [0.15, 0.2) is 6.29 Å². The zero-order valence-corrected chi connectivity index (χ0v) is 19.9. The Bertz CT molecular complexity index is 1220. The zero-order valence-electron chi connectivity index (χ0n) is 18.2. The predicted molar refractivity (Wildman–Crippen MR) is 138 cm³/mol. The van der Waals surface area contributed by atoms with Crippen LogP contribution in [0.25, 0.3) is 9.75 Å². The summed E-state index contributed by atoms with van der Waals surface area (Å²) in [7, 11) is 0. The molecule has 0 amide bonds. The van der Waals surface area contributed by atoms with E-state index in [-0.39, 0.29) is 0 Å². The molecule has 4 aromatic rings. The molecule has 2 nitrogen and oxygen atoms in total. The topological polar surface area (TPSA) is 20.3 Å². The Morgan fingerprint density at radius 1 is 0.781 bits per heavy atom. The van der Waals surface area contributed by atoms with Crippen molar-refractivity contribution >= 4 is 40.3 Å². The van der Waals surface area contributed by atoms with Crippen molar-refractivity contribution in [1.29, 1.82) is 0 Å². The average Bonchev–Trinajstić information content (AvgIpc) is 3.57. The number of carbonyl (C=O) groups excluding carboxylic acids is 1. The van der Waals surface area contributed by atoms with Gasteiger partial charge in [-0.25, -0.2) is 0 Å². The Balaban J connectivity index is 1.40. The highest BCUT2D eigenvalue weighted by Crippen LogP contribution is 2.44. The molecule has 2 aromatic carbocycles. The standard InChI is InChI=1S/C28H25NOS2/c1-19-3-8-22(9-4-19)29(23-10-5-20(2)6-11-23)24-12-7-21(17-24)26-15-16-28(32-26)27-14-13-25(18-30)31-27/h3-6,8-16,18,21H,7,17H2,1-2H3. The van der Waals surface area contributed by atoms with Crippen LogP contribution in [0.4, 0.5) is 11.4 Å². The van der Waals surface area contributed by atoms with E-state index in [0.29, 0.717) is 5.92 Å². The first-order chi connectivity index (χ1) is 15.6. The van der Waals surface area contributed by atoms with Gasteiger partial charge in [-0.2, -0.15) is 0 Å². The summed E-state index contributed by atoms with van der Waals surface area (Å²) < 4.78 is 0. The number of aldehydes is 1. The van der Waals surface area contributed by atoms with Crippen LogP contribution in [0.15, 0.2) is 84.6 Å². The molecule has 5 rings (SSSR count). The lowest BCUT2D eigenvalue weighted by Crippen LogP contribution is -2.15. The normalized spacial score (nSPS) is 15.6. The molecule has 0 bridgehead atoms. The fourth-order valence-electron chi connectivity index (χ4n) is 4.22. The van der Waals surface area contributed by atoms with E-state index in [1.54, 1.807) is 11.3 Å². The fraction of sp³-hybridized carbons (Fsp3) is 0.179. The third-order valence-corrected chi connectivity index (χ3v) is 8.43. The number of aryl methyl sites for hydroxylation is 2. The van der Waals surface area contributed by atoms with Crippen molar-refractivity contribution in [2.24, 2.45) is 0 Å². The monoisotopic (exact) mass is 455 g/mol. The molecule has 2 aromatic heterocycles. The maximum absolute atomic E-state index is 11.0. The quantitative estimate of drug-likeness (QED) is 0.272. The Labute approximate surface area is 197 Å². The average molecular weight is 456 g/mol. The maximum Gasteiger partial charge on any atom is 0.160 e. The number of carbonyl (C=O) groups is 1. The first-order valence-electron chi connectivity index (χ1n) is 10.9. The van der Waals surface area contributed by atoms with Crippen LogP contribution >= 0.6 is 22.7 Å². The predicted octanol–water partition coefficient (Wildman–Crippen LogP) is 8.51. The van der Waals surface area contributed by atoms with E-state index >= 15 is 0 Å². The second-order valence-electron chi connectivity index (χ2n) is 8.36. The van der Waals surface area contributed by atoms with Crippen LogP contribution in [-0.2, 0) is 0 Å². The van der Waals surface area contributed by atoms with E-state index in [1.165, 1.54) is 42.8 Å². The van der Waals surface area contributed by atoms with Crippen molar-refractivity contribution in [2.45, 2.75) is 32.6 Å². The maximum atomic E-state index is 11.0. The molecule has 0 spiro atoms. The Morgan fingerprint density at radius 2 is 1.38 bits per heavy atom. The number of allylic oxidation sites excluding steroid dienone is 2. The lowest BCUT2D eigenvalue weighted by Gasteiger charge is -2.27. The van der Waals surface area contributed by atoms with Crippen molar-refractivity contribution in [3.05, 3.63) is 105 Å². The van der Waals surface area contributed by atoms with Gasteiger partial charge in [0.2, 0.25) is 0 Å². The molecule has 1 unspecified atom stereocenters. The molecule has 0 radical (unpaired) electrons. The van der Waals surface area contributed by atoms with Gasteiger partial charge < -0.3 is 4.90 Å². The van der Waals surface area contributed by atoms with Crippen LogP contribution in [0.5, 0.6) is 0 Å². The molecular formula is C28H25NOS2. The van der Waals surface area contributed by atoms with Crippen molar-refractivity contribution in [1.82, 2.24) is 0 Å². The van der Waals surface area contributed by atoms with Gasteiger partial charge in [-0.05, 0) is 75.2 Å². The van der Waals surface area contributed by atoms with E-state index in [9.17, 15) is 4.79 Å². The van der Waals surface area contributed by atoms with Crippen LogP contribution in [-0.4, -0.2) is 6.29 Å². The summed E-state index contributed by atoms with van der Waals surface area (Å²) in [5.41, 5.74) is 6.31. The van der Waals surface area contributed by atoms with E-state index in [0.717, 1.165) is 24.0 Å². The van der Waals surface area contributed by atoms with Gasteiger partial charge in [0.05, 0.1) is 4.88 Å². The van der Waals surface area contributed by atoms with Gasteiger partial charge in [-0.15, -0.1) is 22.7 Å². The molecule has 0 fully saturated rings. The Kier molecular flexibility index (Phi) is 5.81. The van der Waals surface area contributed by atoms with Crippen molar-refractivity contribution in [3.63, 3.8) is 0 Å². The van der Waals surface area contributed by atoms with Crippen LogP contribution in [0.2, 0.25) is 0 Å². The van der Waals surface area contributed by atoms with Crippen LogP contribution in [0.3, 0.4) is 0 Å². The van der Waals surface area contributed by atoms with Crippen LogP contribution in [0.1, 0.15) is 44.4 Å². The third-order valence-electron chi connectivity index (χ3n) is 5.98. The van der Waals surface area contributed by atoms with Gasteiger partial charge in [0, 0.05) is 37.6 Å². The summed E-state index contributed by atoms with van der Waals surface area (Å²) in [4.78, 5) is 18.1. The number of hydrogen-bond acceptors (Lipinski definition) is 4. The number of nitrogens with zero attached hydrogens (tertiary/aromatic N) is 1. The van der Waals surface area contributed by atoms with Crippen LogP contribution < -0.4 is 4.90 Å². The molecule has 0 aliphatic heterocycles. The fourth-order valence-corrected chi connectivity index (χ4v) is 6.25. The highest BCUT2D eigenvalue weighted by atomic mass is 32.1. The number of anilines is 2. The third kappa shape index (κ3) is 4.21. The zero-order chi connectivity index (χ0) is 22.1. The molecule has 32 heavy (non-hydrogen) atoms. The summed E-state index contributed by atoms with van der Waals surface area (Å²) in [6.45, 7) is 4.26. The van der Waals surface area contributed by atoms with Gasteiger partial charge in [-0.1, -0.05) is 41.5 Å². The molecule has 1 aliphatic rings. The van der Waals surface area contributed by atoms with Gasteiger partial charge in [0.25, 0.3) is 0 Å². The molecule has 2 heterocycles. The second-order valence-corrected chi connectivity index (χ2v) is 10.6. The molecule has 0 N–H and O–H groups in total. The van der Waals surface area contributed by atoms with Crippen molar-refractivity contribution in [2.75, 3.05) is 4.90 Å². The Hall–Kier alpha value is -2.95. The lowest BCUT2D eigenvalue weighted by atomic mass is 10.0. The van der Waals surface area contributed by atoms with Gasteiger partial charge in [-0.3, -0.25) is 4.79 Å². The number of rotatable bonds is 6. The van der Waals surface area contributed by atoms with E-state index in [1.807, 2.05) is 17.4 Å². The second kappa shape index (κ2) is 8.89. The molecule has 1 aliphatic carbocycles. The summed E-state index contributed by atoms with van der Waals surface area (Å²) in [6.07, 6.45) is 5.40. The van der Waals surface area contributed by atoms with Gasteiger partial charge >= 0.3 is 0 Å². The SMILES string of the molecule is Cc1ccc(N(C2=CCC(c3ccc(-c4ccc(C=O)s4)s3)C2)c2ccc(C)cc2)cc1. The smallest absolute Gasteiger partial charge is 0.160 e. The summed E-state index contributed by atoms with van der Waals surface area (Å²) >= 11 is 3.42. The van der Waals surface area contributed by atoms with Crippen molar-refractivity contribution < 1.29 is 4.79 Å². The summed E-state index contributed by atoms with van der Waals surface area (Å²) in [6, 6.07) is 26.0. The first-order valence-corrected chi connectivity index (χ1v) is 12.5.